The number of nitrogen functional groups attached to an aromatic ring is 1. The molecule has 0 unspecified atom stereocenters. The number of hydrogen-bond acceptors (Lipinski definition) is 4. The molecular formula is C14H19N5. The quantitative estimate of drug-likeness (QED) is 0.854. The van der Waals surface area contributed by atoms with Crippen LogP contribution in [-0.4, -0.2) is 48.3 Å². The molecule has 100 valence electrons. The summed E-state index contributed by atoms with van der Waals surface area (Å²) < 4.78 is 0. The van der Waals surface area contributed by atoms with E-state index in [2.05, 4.69) is 51.3 Å². The SMILES string of the molecule is CN1CCN(c2ccc(-c3cn[nH]c3N)cc2)CC1. The second-order valence-electron chi connectivity index (χ2n) is 5.03. The number of hydrogen-bond donors (Lipinski definition) is 2. The molecule has 3 N–H and O–H groups in total. The van der Waals surface area contributed by atoms with Crippen molar-refractivity contribution in [3.63, 3.8) is 0 Å². The fourth-order valence-electron chi connectivity index (χ4n) is 2.44. The summed E-state index contributed by atoms with van der Waals surface area (Å²) >= 11 is 0. The standard InChI is InChI=1S/C14H19N5/c1-18-6-8-19(9-7-18)12-4-2-11(3-5-12)13-10-16-17-14(13)15/h2-5,10H,6-9H2,1H3,(H3,15,16,17). The monoisotopic (exact) mass is 257 g/mol. The number of benzene rings is 1. The van der Waals surface area contributed by atoms with Gasteiger partial charge in [0.2, 0.25) is 0 Å². The summed E-state index contributed by atoms with van der Waals surface area (Å²) in [4.78, 5) is 4.78. The van der Waals surface area contributed by atoms with Crippen LogP contribution in [0.25, 0.3) is 11.1 Å². The second-order valence-corrected chi connectivity index (χ2v) is 5.03. The van der Waals surface area contributed by atoms with Crippen molar-refractivity contribution in [3.8, 4) is 11.1 Å². The molecule has 1 aromatic heterocycles. The molecule has 1 aliphatic rings. The van der Waals surface area contributed by atoms with Gasteiger partial charge in [-0.3, -0.25) is 5.10 Å². The van der Waals surface area contributed by atoms with Gasteiger partial charge in [-0.2, -0.15) is 5.10 Å². The first-order valence-electron chi connectivity index (χ1n) is 6.57. The van der Waals surface area contributed by atoms with E-state index in [9.17, 15) is 0 Å². The number of likely N-dealkylation sites (N-methyl/N-ethyl adjacent to an activating group) is 1. The Morgan fingerprint density at radius 3 is 2.37 bits per heavy atom. The molecule has 3 rings (SSSR count). The summed E-state index contributed by atoms with van der Waals surface area (Å²) in [6, 6.07) is 8.53. The molecule has 0 aliphatic carbocycles. The van der Waals surface area contributed by atoms with E-state index in [1.807, 2.05) is 0 Å². The molecule has 0 atom stereocenters. The van der Waals surface area contributed by atoms with Gasteiger partial charge < -0.3 is 15.5 Å². The molecular weight excluding hydrogens is 238 g/mol. The van der Waals surface area contributed by atoms with E-state index in [4.69, 9.17) is 5.73 Å². The van der Waals surface area contributed by atoms with Crippen molar-refractivity contribution in [1.29, 1.82) is 0 Å². The molecule has 1 fully saturated rings. The van der Waals surface area contributed by atoms with Crippen molar-refractivity contribution in [2.45, 2.75) is 0 Å². The zero-order chi connectivity index (χ0) is 13.2. The van der Waals surface area contributed by atoms with E-state index in [0.29, 0.717) is 5.82 Å². The summed E-state index contributed by atoms with van der Waals surface area (Å²) in [5.41, 5.74) is 9.18. The third-order valence-corrected chi connectivity index (χ3v) is 3.72. The Kier molecular flexibility index (Phi) is 3.13. The minimum atomic E-state index is 0.618. The number of piperazine rings is 1. The van der Waals surface area contributed by atoms with Crippen LogP contribution < -0.4 is 10.6 Å². The van der Waals surface area contributed by atoms with Crippen LogP contribution >= 0.6 is 0 Å². The number of aromatic nitrogens is 2. The van der Waals surface area contributed by atoms with Crippen LogP contribution in [0.2, 0.25) is 0 Å². The topological polar surface area (TPSA) is 61.2 Å². The fourth-order valence-corrected chi connectivity index (χ4v) is 2.44. The van der Waals surface area contributed by atoms with E-state index < -0.39 is 0 Å². The summed E-state index contributed by atoms with van der Waals surface area (Å²) in [5, 5.41) is 6.71. The zero-order valence-electron chi connectivity index (χ0n) is 11.1. The summed E-state index contributed by atoms with van der Waals surface area (Å²) in [6.07, 6.45) is 1.76. The highest BCUT2D eigenvalue weighted by Gasteiger charge is 2.14. The lowest BCUT2D eigenvalue weighted by Crippen LogP contribution is -2.44. The molecule has 5 nitrogen and oxygen atoms in total. The van der Waals surface area contributed by atoms with E-state index in [1.54, 1.807) is 6.20 Å². The maximum atomic E-state index is 5.83. The summed E-state index contributed by atoms with van der Waals surface area (Å²) in [7, 11) is 2.17. The van der Waals surface area contributed by atoms with Crippen LogP contribution in [-0.2, 0) is 0 Å². The molecule has 0 saturated carbocycles. The van der Waals surface area contributed by atoms with Crippen molar-refractivity contribution in [1.82, 2.24) is 15.1 Å². The first-order valence-corrected chi connectivity index (χ1v) is 6.57. The van der Waals surface area contributed by atoms with E-state index in [0.717, 1.165) is 37.3 Å². The Labute approximate surface area is 113 Å². The first-order chi connectivity index (χ1) is 9.24. The Hall–Kier alpha value is -2.01. The summed E-state index contributed by atoms with van der Waals surface area (Å²) in [5.74, 6) is 0.618. The lowest BCUT2D eigenvalue weighted by atomic mass is 10.1. The maximum Gasteiger partial charge on any atom is 0.126 e. The number of nitrogens with two attached hydrogens (primary N) is 1. The molecule has 1 aliphatic heterocycles. The first kappa shape index (κ1) is 12.0. The molecule has 19 heavy (non-hydrogen) atoms. The Morgan fingerprint density at radius 2 is 1.79 bits per heavy atom. The molecule has 0 spiro atoms. The maximum absolute atomic E-state index is 5.83. The smallest absolute Gasteiger partial charge is 0.126 e. The fraction of sp³-hybridized carbons (Fsp3) is 0.357. The zero-order valence-corrected chi connectivity index (χ0v) is 11.1. The molecule has 2 heterocycles. The van der Waals surface area contributed by atoms with Crippen LogP contribution in [0.15, 0.2) is 30.5 Å². The van der Waals surface area contributed by atoms with Gasteiger partial charge in [-0.25, -0.2) is 0 Å². The molecule has 1 saturated heterocycles. The highest BCUT2D eigenvalue weighted by Crippen LogP contribution is 2.26. The van der Waals surface area contributed by atoms with Gasteiger partial charge in [-0.1, -0.05) is 12.1 Å². The molecule has 0 radical (unpaired) electrons. The molecule has 5 heteroatoms. The minimum absolute atomic E-state index is 0.618. The number of rotatable bonds is 2. The van der Waals surface area contributed by atoms with Crippen LogP contribution in [0.3, 0.4) is 0 Å². The van der Waals surface area contributed by atoms with E-state index in [-0.39, 0.29) is 0 Å². The summed E-state index contributed by atoms with van der Waals surface area (Å²) in [6.45, 7) is 4.42. The van der Waals surface area contributed by atoms with Crippen LogP contribution in [0.4, 0.5) is 11.5 Å². The van der Waals surface area contributed by atoms with Gasteiger partial charge in [0.05, 0.1) is 6.20 Å². The Morgan fingerprint density at radius 1 is 1.11 bits per heavy atom. The van der Waals surface area contributed by atoms with Crippen molar-refractivity contribution in [2.24, 2.45) is 0 Å². The Balaban J connectivity index is 1.78. The van der Waals surface area contributed by atoms with Crippen molar-refractivity contribution >= 4 is 11.5 Å². The van der Waals surface area contributed by atoms with Gasteiger partial charge in [0.25, 0.3) is 0 Å². The van der Waals surface area contributed by atoms with Gasteiger partial charge in [0.1, 0.15) is 5.82 Å². The van der Waals surface area contributed by atoms with Crippen LogP contribution in [0.1, 0.15) is 0 Å². The number of anilines is 2. The second kappa shape index (κ2) is 4.93. The normalized spacial score (nSPS) is 16.8. The van der Waals surface area contributed by atoms with Crippen molar-refractivity contribution in [3.05, 3.63) is 30.5 Å². The number of H-pyrrole nitrogens is 1. The Bertz CT molecular complexity index is 537. The predicted molar refractivity (Wildman–Crippen MR) is 78.1 cm³/mol. The van der Waals surface area contributed by atoms with Crippen LogP contribution in [0, 0.1) is 0 Å². The average Bonchev–Trinajstić information content (AvgIpc) is 2.86. The third-order valence-electron chi connectivity index (χ3n) is 3.72. The van der Waals surface area contributed by atoms with Gasteiger partial charge in [-0.15, -0.1) is 0 Å². The van der Waals surface area contributed by atoms with Crippen LogP contribution in [0.5, 0.6) is 0 Å². The van der Waals surface area contributed by atoms with Gasteiger partial charge in [0.15, 0.2) is 0 Å². The van der Waals surface area contributed by atoms with Gasteiger partial charge in [-0.05, 0) is 24.7 Å². The lowest BCUT2D eigenvalue weighted by Gasteiger charge is -2.34. The largest absolute Gasteiger partial charge is 0.384 e. The molecule has 1 aromatic carbocycles. The highest BCUT2D eigenvalue weighted by atomic mass is 15.2. The lowest BCUT2D eigenvalue weighted by molar-refractivity contribution is 0.313. The van der Waals surface area contributed by atoms with Gasteiger partial charge in [0, 0.05) is 37.4 Å². The predicted octanol–water partition coefficient (Wildman–Crippen LogP) is 1.41. The molecule has 0 amide bonds. The number of aromatic amines is 1. The van der Waals surface area contributed by atoms with Crippen molar-refractivity contribution < 1.29 is 0 Å². The number of nitrogens with zero attached hydrogens (tertiary/aromatic N) is 3. The van der Waals surface area contributed by atoms with Gasteiger partial charge >= 0.3 is 0 Å². The highest BCUT2D eigenvalue weighted by molar-refractivity contribution is 5.74. The third kappa shape index (κ3) is 2.42. The van der Waals surface area contributed by atoms with E-state index >= 15 is 0 Å². The molecule has 2 aromatic rings. The average molecular weight is 257 g/mol. The minimum Gasteiger partial charge on any atom is -0.384 e. The van der Waals surface area contributed by atoms with Crippen molar-refractivity contribution in [2.75, 3.05) is 43.9 Å². The number of nitrogens with one attached hydrogen (secondary N) is 1. The van der Waals surface area contributed by atoms with E-state index in [1.165, 1.54) is 5.69 Å². The molecule has 0 bridgehead atoms.